The summed E-state index contributed by atoms with van der Waals surface area (Å²) >= 11 is 1.31. The van der Waals surface area contributed by atoms with E-state index in [1.54, 1.807) is 6.26 Å². The van der Waals surface area contributed by atoms with Crippen molar-refractivity contribution in [2.45, 2.75) is 11.9 Å². The van der Waals surface area contributed by atoms with Crippen LogP contribution in [-0.4, -0.2) is 32.4 Å². The van der Waals surface area contributed by atoms with Crippen molar-refractivity contribution in [1.29, 1.82) is 0 Å². The van der Waals surface area contributed by atoms with Gasteiger partial charge in [0.15, 0.2) is 0 Å². The minimum atomic E-state index is -4.64. The largest absolute Gasteiger partial charge is 0.466 e. The van der Waals surface area contributed by atoms with Crippen LogP contribution in [0.25, 0.3) is 0 Å². The number of esters is 2. The zero-order chi connectivity index (χ0) is 18.3. The first-order chi connectivity index (χ1) is 11.2. The maximum Gasteiger partial charge on any atom is 0.418 e. The summed E-state index contributed by atoms with van der Waals surface area (Å²) in [4.78, 5) is 23.1. The first-order valence-corrected chi connectivity index (χ1v) is 7.97. The van der Waals surface area contributed by atoms with E-state index in [4.69, 9.17) is 0 Å². The molecular weight excluding hydrogens is 347 g/mol. The molecule has 0 fully saturated rings. The molecule has 0 heterocycles. The van der Waals surface area contributed by atoms with E-state index in [-0.39, 0.29) is 11.4 Å². The van der Waals surface area contributed by atoms with Gasteiger partial charge in [-0.2, -0.15) is 24.9 Å². The number of nitrogens with one attached hydrogen (secondary N) is 1. The molecule has 0 aliphatic rings. The van der Waals surface area contributed by atoms with Crippen LogP contribution in [0.1, 0.15) is 11.1 Å². The van der Waals surface area contributed by atoms with E-state index in [9.17, 15) is 22.8 Å². The second-order valence-electron chi connectivity index (χ2n) is 4.47. The molecule has 0 atom stereocenters. The van der Waals surface area contributed by atoms with Crippen LogP contribution in [0.3, 0.4) is 0 Å². The number of hydrogen-bond donors (Lipinski definition) is 1. The highest BCUT2D eigenvalue weighted by molar-refractivity contribution is 7.97. The number of anilines is 1. The van der Waals surface area contributed by atoms with Gasteiger partial charge in [0, 0.05) is 5.75 Å². The molecule has 1 aromatic rings. The predicted molar refractivity (Wildman–Crippen MR) is 84.4 cm³/mol. The van der Waals surface area contributed by atoms with E-state index < -0.39 is 29.4 Å². The zero-order valence-electron chi connectivity index (χ0n) is 13.2. The molecule has 1 N–H and O–H groups in total. The Kier molecular flexibility index (Phi) is 7.15. The summed E-state index contributed by atoms with van der Waals surface area (Å²) in [6.07, 6.45) is -2.17. The number of para-hydroxylation sites is 1. The van der Waals surface area contributed by atoms with Gasteiger partial charge >= 0.3 is 18.1 Å². The van der Waals surface area contributed by atoms with Crippen molar-refractivity contribution in [2.24, 2.45) is 0 Å². The lowest BCUT2D eigenvalue weighted by molar-refractivity contribution is -0.138. The van der Waals surface area contributed by atoms with Gasteiger partial charge in [-0.25, -0.2) is 9.59 Å². The molecule has 0 aliphatic heterocycles. The second-order valence-corrected chi connectivity index (χ2v) is 5.33. The molecule has 1 rings (SSSR count). The highest BCUT2D eigenvalue weighted by Crippen LogP contribution is 2.38. The molecular formula is C15H16F3NO4S. The van der Waals surface area contributed by atoms with Gasteiger partial charge in [-0.1, -0.05) is 12.1 Å². The van der Waals surface area contributed by atoms with Crippen LogP contribution in [0.4, 0.5) is 18.9 Å². The number of carbonyl (C=O) groups is 2. The van der Waals surface area contributed by atoms with Crippen LogP contribution >= 0.6 is 11.8 Å². The summed E-state index contributed by atoms with van der Waals surface area (Å²) < 4.78 is 48.7. The monoisotopic (exact) mass is 363 g/mol. The first kappa shape index (κ1) is 19.9. The molecule has 132 valence electrons. The molecule has 0 saturated carbocycles. The Bertz CT molecular complexity index is 644. The van der Waals surface area contributed by atoms with E-state index in [2.05, 4.69) is 14.8 Å². The van der Waals surface area contributed by atoms with Crippen LogP contribution in [0.2, 0.25) is 0 Å². The van der Waals surface area contributed by atoms with Crippen molar-refractivity contribution in [3.8, 4) is 0 Å². The SMILES string of the molecule is COC(=O)/C=C(/Nc1c(CSC)cccc1C(F)(F)F)C(=O)OC. The minimum Gasteiger partial charge on any atom is -0.466 e. The average molecular weight is 363 g/mol. The third-order valence-corrected chi connectivity index (χ3v) is 3.48. The number of benzene rings is 1. The Hall–Kier alpha value is -2.16. The molecule has 0 unspecified atom stereocenters. The van der Waals surface area contributed by atoms with Crippen molar-refractivity contribution in [3.63, 3.8) is 0 Å². The Morgan fingerprint density at radius 3 is 2.42 bits per heavy atom. The zero-order valence-corrected chi connectivity index (χ0v) is 14.0. The molecule has 0 aliphatic carbocycles. The van der Waals surface area contributed by atoms with E-state index in [1.807, 2.05) is 0 Å². The molecule has 0 radical (unpaired) electrons. The number of halogens is 3. The number of ether oxygens (including phenoxy) is 2. The second kappa shape index (κ2) is 8.62. The number of alkyl halides is 3. The summed E-state index contributed by atoms with van der Waals surface area (Å²) in [6.45, 7) is 0. The molecule has 9 heteroatoms. The molecule has 0 saturated heterocycles. The van der Waals surface area contributed by atoms with Gasteiger partial charge < -0.3 is 14.8 Å². The maximum atomic E-state index is 13.3. The standard InChI is InChI=1S/C15H16F3NO4S/c1-22-12(20)7-11(14(21)23-2)19-13-9(8-24-3)5-4-6-10(13)15(16,17)18/h4-7,19H,8H2,1-3H3/b11-7+. The lowest BCUT2D eigenvalue weighted by Gasteiger charge is -2.19. The van der Waals surface area contributed by atoms with E-state index in [0.717, 1.165) is 26.4 Å². The summed E-state index contributed by atoms with van der Waals surface area (Å²) in [5.74, 6) is -1.62. The van der Waals surface area contributed by atoms with Crippen LogP contribution in [-0.2, 0) is 31.0 Å². The van der Waals surface area contributed by atoms with Crippen LogP contribution < -0.4 is 5.32 Å². The fourth-order valence-electron chi connectivity index (χ4n) is 1.83. The van der Waals surface area contributed by atoms with Gasteiger partial charge in [0.25, 0.3) is 0 Å². The van der Waals surface area contributed by atoms with Gasteiger partial charge in [-0.15, -0.1) is 0 Å². The molecule has 0 aromatic heterocycles. The summed E-state index contributed by atoms with van der Waals surface area (Å²) in [5, 5.41) is 2.38. The van der Waals surface area contributed by atoms with Gasteiger partial charge in [0.1, 0.15) is 5.70 Å². The van der Waals surface area contributed by atoms with E-state index in [0.29, 0.717) is 5.56 Å². The number of hydrogen-bond acceptors (Lipinski definition) is 6. The van der Waals surface area contributed by atoms with Crippen molar-refractivity contribution >= 4 is 29.4 Å². The highest BCUT2D eigenvalue weighted by atomic mass is 32.2. The third-order valence-electron chi connectivity index (χ3n) is 2.88. The Balaban J connectivity index is 3.43. The van der Waals surface area contributed by atoms with Crippen molar-refractivity contribution < 1.29 is 32.2 Å². The number of thioether (sulfide) groups is 1. The summed E-state index contributed by atoms with van der Waals surface area (Å²) in [6, 6.07) is 3.67. The maximum absolute atomic E-state index is 13.3. The molecule has 0 amide bonds. The van der Waals surface area contributed by atoms with Gasteiger partial charge in [-0.3, -0.25) is 0 Å². The van der Waals surface area contributed by atoms with E-state index in [1.165, 1.54) is 23.9 Å². The fourth-order valence-corrected chi connectivity index (χ4v) is 2.38. The van der Waals surface area contributed by atoms with Crippen molar-refractivity contribution in [3.05, 3.63) is 41.1 Å². The van der Waals surface area contributed by atoms with Gasteiger partial charge in [-0.05, 0) is 17.9 Å². The molecule has 0 bridgehead atoms. The van der Waals surface area contributed by atoms with Gasteiger partial charge in [0.05, 0.1) is 31.5 Å². The predicted octanol–water partition coefficient (Wildman–Crippen LogP) is 3.21. The lowest BCUT2D eigenvalue weighted by Crippen LogP contribution is -2.19. The van der Waals surface area contributed by atoms with Crippen LogP contribution in [0.5, 0.6) is 0 Å². The minimum absolute atomic E-state index is 0.277. The molecule has 0 spiro atoms. The topological polar surface area (TPSA) is 64.6 Å². The Morgan fingerprint density at radius 2 is 1.92 bits per heavy atom. The summed E-state index contributed by atoms with van der Waals surface area (Å²) in [7, 11) is 2.13. The third kappa shape index (κ3) is 5.19. The lowest BCUT2D eigenvalue weighted by atomic mass is 10.1. The number of methoxy groups -OCH3 is 2. The Labute approximate surface area is 141 Å². The quantitative estimate of drug-likeness (QED) is 0.619. The van der Waals surface area contributed by atoms with E-state index >= 15 is 0 Å². The van der Waals surface area contributed by atoms with Crippen molar-refractivity contribution in [2.75, 3.05) is 25.8 Å². The average Bonchev–Trinajstić information content (AvgIpc) is 2.53. The molecule has 24 heavy (non-hydrogen) atoms. The van der Waals surface area contributed by atoms with Crippen LogP contribution in [0.15, 0.2) is 30.0 Å². The molecule has 1 aromatic carbocycles. The fraction of sp³-hybridized carbons (Fsp3) is 0.333. The molecule has 5 nitrogen and oxygen atoms in total. The van der Waals surface area contributed by atoms with Gasteiger partial charge in [0.2, 0.25) is 0 Å². The smallest absolute Gasteiger partial charge is 0.418 e. The van der Waals surface area contributed by atoms with Crippen molar-refractivity contribution in [1.82, 2.24) is 0 Å². The number of carbonyl (C=O) groups excluding carboxylic acids is 2. The van der Waals surface area contributed by atoms with Crippen LogP contribution in [0, 0.1) is 0 Å². The Morgan fingerprint density at radius 1 is 1.25 bits per heavy atom. The first-order valence-electron chi connectivity index (χ1n) is 6.57. The normalized spacial score (nSPS) is 11.8. The summed E-state index contributed by atoms with van der Waals surface area (Å²) in [5.41, 5.74) is -1.38. The number of rotatable bonds is 6. The highest BCUT2D eigenvalue weighted by Gasteiger charge is 2.35.